The van der Waals surface area contributed by atoms with Gasteiger partial charge < -0.3 is 10.2 Å². The van der Waals surface area contributed by atoms with E-state index in [0.29, 0.717) is 0 Å². The average Bonchev–Trinajstić information content (AvgIpc) is 2.28. The molecule has 0 saturated carbocycles. The Morgan fingerprint density at radius 1 is 1.25 bits per heavy atom. The first kappa shape index (κ1) is 14.0. The molecule has 1 saturated heterocycles. The van der Waals surface area contributed by atoms with Crippen LogP contribution in [0.3, 0.4) is 0 Å². The third kappa shape index (κ3) is 4.42. The third-order valence-corrected chi connectivity index (χ3v) is 4.04. The van der Waals surface area contributed by atoms with Crippen LogP contribution in [0.25, 0.3) is 0 Å². The number of nitrogens with one attached hydrogen (secondary N) is 1. The predicted octanol–water partition coefficient (Wildman–Crippen LogP) is 2.89. The highest BCUT2D eigenvalue weighted by Gasteiger charge is 2.21. The molecule has 0 spiro atoms. The van der Waals surface area contributed by atoms with Gasteiger partial charge in [-0.3, -0.25) is 0 Å². The molecule has 0 radical (unpaired) electrons. The van der Waals surface area contributed by atoms with Crippen molar-refractivity contribution < 1.29 is 0 Å². The summed E-state index contributed by atoms with van der Waals surface area (Å²) in [4.78, 5) is 2.44. The summed E-state index contributed by atoms with van der Waals surface area (Å²) in [7, 11) is 2.23. The highest BCUT2D eigenvalue weighted by Crippen LogP contribution is 2.17. The molecule has 1 fully saturated rings. The van der Waals surface area contributed by atoms with Gasteiger partial charge in [-0.1, -0.05) is 27.2 Å². The lowest BCUT2D eigenvalue weighted by molar-refractivity contribution is 0.207. The number of rotatable bonds is 6. The van der Waals surface area contributed by atoms with Crippen molar-refractivity contribution in [2.24, 2.45) is 5.92 Å². The molecule has 1 aliphatic heterocycles. The number of likely N-dealkylation sites (tertiary alicyclic amines) is 1. The normalized spacial score (nSPS) is 23.2. The van der Waals surface area contributed by atoms with Crippen molar-refractivity contribution in [3.05, 3.63) is 0 Å². The van der Waals surface area contributed by atoms with Gasteiger partial charge in [-0.2, -0.15) is 0 Å². The van der Waals surface area contributed by atoms with Crippen LogP contribution in [0.1, 0.15) is 52.9 Å². The van der Waals surface area contributed by atoms with Crippen molar-refractivity contribution in [2.45, 2.75) is 65.0 Å². The minimum Gasteiger partial charge on any atom is -0.311 e. The highest BCUT2D eigenvalue weighted by molar-refractivity contribution is 4.81. The summed E-state index contributed by atoms with van der Waals surface area (Å²) in [5.41, 5.74) is 0. The quantitative estimate of drug-likeness (QED) is 0.749. The van der Waals surface area contributed by atoms with Crippen LogP contribution < -0.4 is 5.32 Å². The molecule has 1 rings (SSSR count). The minimum absolute atomic E-state index is 0.730. The Hall–Kier alpha value is -0.0800. The van der Waals surface area contributed by atoms with Gasteiger partial charge in [-0.15, -0.1) is 0 Å². The third-order valence-electron chi connectivity index (χ3n) is 4.04. The van der Waals surface area contributed by atoms with Crippen molar-refractivity contribution >= 4 is 0 Å². The lowest BCUT2D eigenvalue weighted by Crippen LogP contribution is -2.47. The topological polar surface area (TPSA) is 15.3 Å². The molecule has 1 heterocycles. The molecule has 0 aliphatic carbocycles. The molecular formula is C14H30N2. The van der Waals surface area contributed by atoms with E-state index < -0.39 is 0 Å². The van der Waals surface area contributed by atoms with E-state index >= 15 is 0 Å². The summed E-state index contributed by atoms with van der Waals surface area (Å²) in [6.07, 6.45) is 6.59. The van der Waals surface area contributed by atoms with E-state index in [4.69, 9.17) is 0 Å². The zero-order valence-corrected chi connectivity index (χ0v) is 11.6. The molecule has 0 aromatic heterocycles. The van der Waals surface area contributed by atoms with Gasteiger partial charge in [0, 0.05) is 12.1 Å². The summed E-state index contributed by atoms with van der Waals surface area (Å²) in [6, 6.07) is 1.49. The van der Waals surface area contributed by atoms with Crippen molar-refractivity contribution in [1.29, 1.82) is 0 Å². The van der Waals surface area contributed by atoms with Gasteiger partial charge >= 0.3 is 0 Å². The Balaban J connectivity index is 2.32. The predicted molar refractivity (Wildman–Crippen MR) is 71.8 cm³/mol. The van der Waals surface area contributed by atoms with Gasteiger partial charge in [-0.05, 0) is 51.7 Å². The Bertz CT molecular complexity index is 174. The van der Waals surface area contributed by atoms with Gasteiger partial charge in [0.25, 0.3) is 0 Å². The van der Waals surface area contributed by atoms with E-state index in [-0.39, 0.29) is 0 Å². The standard InChI is InChI=1S/C14H30N2/c1-5-7-12(3)14(6-2)15-13-8-10-16(4)11-9-13/h12-15H,5-11H2,1-4H3. The second-order valence-electron chi connectivity index (χ2n) is 5.52. The molecule has 0 aromatic rings. The van der Waals surface area contributed by atoms with Crippen molar-refractivity contribution in [2.75, 3.05) is 20.1 Å². The average molecular weight is 226 g/mol. The van der Waals surface area contributed by atoms with Crippen LogP contribution in [-0.4, -0.2) is 37.1 Å². The van der Waals surface area contributed by atoms with E-state index in [9.17, 15) is 0 Å². The van der Waals surface area contributed by atoms with E-state index in [1.807, 2.05) is 0 Å². The van der Waals surface area contributed by atoms with Gasteiger partial charge in [0.15, 0.2) is 0 Å². The van der Waals surface area contributed by atoms with Crippen LogP contribution >= 0.6 is 0 Å². The second kappa shape index (κ2) is 7.29. The molecule has 0 amide bonds. The van der Waals surface area contributed by atoms with Gasteiger partial charge in [-0.25, -0.2) is 0 Å². The lowest BCUT2D eigenvalue weighted by Gasteiger charge is -2.34. The first-order valence-electron chi connectivity index (χ1n) is 7.11. The van der Waals surface area contributed by atoms with E-state index in [0.717, 1.165) is 18.0 Å². The molecule has 2 nitrogen and oxygen atoms in total. The van der Waals surface area contributed by atoms with Crippen LogP contribution in [0.2, 0.25) is 0 Å². The molecule has 1 N–H and O–H groups in total. The summed E-state index contributed by atoms with van der Waals surface area (Å²) in [5.74, 6) is 0.828. The molecular weight excluding hydrogens is 196 g/mol. The molecule has 0 bridgehead atoms. The first-order valence-corrected chi connectivity index (χ1v) is 7.11. The number of hydrogen-bond donors (Lipinski definition) is 1. The zero-order valence-electron chi connectivity index (χ0n) is 11.6. The maximum Gasteiger partial charge on any atom is 0.00941 e. The molecule has 2 atom stereocenters. The van der Waals surface area contributed by atoms with E-state index in [1.54, 1.807) is 0 Å². The summed E-state index contributed by atoms with van der Waals surface area (Å²) in [6.45, 7) is 9.53. The van der Waals surface area contributed by atoms with Crippen molar-refractivity contribution in [3.63, 3.8) is 0 Å². The monoisotopic (exact) mass is 226 g/mol. The van der Waals surface area contributed by atoms with Crippen LogP contribution in [0.15, 0.2) is 0 Å². The molecule has 96 valence electrons. The van der Waals surface area contributed by atoms with Gasteiger partial charge in [0.2, 0.25) is 0 Å². The molecule has 1 aliphatic rings. The highest BCUT2D eigenvalue weighted by atomic mass is 15.1. The van der Waals surface area contributed by atoms with Crippen LogP contribution in [0.4, 0.5) is 0 Å². The van der Waals surface area contributed by atoms with Crippen LogP contribution in [-0.2, 0) is 0 Å². The van der Waals surface area contributed by atoms with Crippen molar-refractivity contribution in [1.82, 2.24) is 10.2 Å². The minimum atomic E-state index is 0.730. The Labute approximate surface area is 102 Å². The van der Waals surface area contributed by atoms with Crippen LogP contribution in [0, 0.1) is 5.92 Å². The summed E-state index contributed by atoms with van der Waals surface area (Å²) >= 11 is 0. The number of hydrogen-bond acceptors (Lipinski definition) is 2. The van der Waals surface area contributed by atoms with Gasteiger partial charge in [0.1, 0.15) is 0 Å². The van der Waals surface area contributed by atoms with E-state index in [1.165, 1.54) is 45.2 Å². The maximum atomic E-state index is 3.88. The second-order valence-corrected chi connectivity index (χ2v) is 5.52. The summed E-state index contributed by atoms with van der Waals surface area (Å²) < 4.78 is 0. The lowest BCUT2D eigenvalue weighted by atomic mass is 9.93. The fourth-order valence-corrected chi connectivity index (χ4v) is 2.82. The summed E-state index contributed by atoms with van der Waals surface area (Å²) in [5, 5.41) is 3.88. The fraction of sp³-hybridized carbons (Fsp3) is 1.00. The van der Waals surface area contributed by atoms with Gasteiger partial charge in [0.05, 0.1) is 0 Å². The number of piperidine rings is 1. The number of nitrogens with zero attached hydrogens (tertiary/aromatic N) is 1. The smallest absolute Gasteiger partial charge is 0.00941 e. The molecule has 2 heteroatoms. The molecule has 0 aromatic carbocycles. The Morgan fingerprint density at radius 2 is 1.88 bits per heavy atom. The molecule has 2 unspecified atom stereocenters. The first-order chi connectivity index (χ1) is 7.67. The Morgan fingerprint density at radius 3 is 2.38 bits per heavy atom. The molecule has 16 heavy (non-hydrogen) atoms. The Kier molecular flexibility index (Phi) is 6.37. The van der Waals surface area contributed by atoms with E-state index in [2.05, 4.69) is 38.0 Å². The SMILES string of the molecule is CCCC(C)C(CC)NC1CCN(C)CC1. The maximum absolute atomic E-state index is 3.88. The van der Waals surface area contributed by atoms with Crippen molar-refractivity contribution in [3.8, 4) is 0 Å². The zero-order chi connectivity index (χ0) is 12.0. The largest absolute Gasteiger partial charge is 0.311 e. The van der Waals surface area contributed by atoms with Crippen LogP contribution in [0.5, 0.6) is 0 Å². The fourth-order valence-electron chi connectivity index (χ4n) is 2.82.